The Bertz CT molecular complexity index is 389. The van der Waals surface area contributed by atoms with Crippen LogP contribution in [0.1, 0.15) is 73.9 Å². The van der Waals surface area contributed by atoms with Gasteiger partial charge < -0.3 is 4.74 Å². The van der Waals surface area contributed by atoms with Crippen molar-refractivity contribution < 1.29 is 4.74 Å². The van der Waals surface area contributed by atoms with E-state index in [1.54, 1.807) is 0 Å². The summed E-state index contributed by atoms with van der Waals surface area (Å²) < 4.78 is 5.44. The third-order valence-electron chi connectivity index (χ3n) is 3.92. The number of halogens is 1. The number of alkyl halides is 1. The summed E-state index contributed by atoms with van der Waals surface area (Å²) in [6.45, 7) is 3.77. The van der Waals surface area contributed by atoms with Gasteiger partial charge in [-0.3, -0.25) is 0 Å². The molecule has 0 aromatic heterocycles. The fourth-order valence-corrected chi connectivity index (χ4v) is 2.95. The molecule has 1 atom stereocenters. The van der Waals surface area contributed by atoms with Crippen LogP contribution in [0.25, 0.3) is 0 Å². The highest BCUT2D eigenvalue weighted by molar-refractivity contribution is 6.20. The SMILES string of the molecule is CCCCCCCCC(Cl)c1ccc2c(c1)COC2. The molecule has 1 aliphatic heterocycles. The zero-order valence-electron chi connectivity index (χ0n) is 12.0. The molecule has 1 aromatic rings. The van der Waals surface area contributed by atoms with Gasteiger partial charge in [-0.25, -0.2) is 0 Å². The Kier molecular flexibility index (Phi) is 6.19. The maximum atomic E-state index is 6.51. The number of unbranched alkanes of at least 4 members (excludes halogenated alkanes) is 5. The van der Waals surface area contributed by atoms with Crippen molar-refractivity contribution in [3.63, 3.8) is 0 Å². The second kappa shape index (κ2) is 7.91. The molecule has 1 aliphatic rings. The van der Waals surface area contributed by atoms with Crippen LogP contribution in [-0.4, -0.2) is 0 Å². The second-order valence-corrected chi connectivity index (χ2v) is 6.07. The lowest BCUT2D eigenvalue weighted by molar-refractivity contribution is 0.134. The molecule has 0 saturated heterocycles. The number of hydrogen-bond acceptors (Lipinski definition) is 1. The molecule has 0 radical (unpaired) electrons. The largest absolute Gasteiger partial charge is 0.372 e. The smallest absolute Gasteiger partial charge is 0.0725 e. The summed E-state index contributed by atoms with van der Waals surface area (Å²) in [5.74, 6) is 0. The summed E-state index contributed by atoms with van der Waals surface area (Å²) in [5, 5.41) is 0.164. The number of fused-ring (bicyclic) bond motifs is 1. The highest BCUT2D eigenvalue weighted by atomic mass is 35.5. The lowest BCUT2D eigenvalue weighted by atomic mass is 10.0. The normalized spacial score (nSPS) is 15.5. The zero-order chi connectivity index (χ0) is 13.5. The molecule has 0 amide bonds. The first-order valence-electron chi connectivity index (χ1n) is 7.64. The van der Waals surface area contributed by atoms with Crippen LogP contribution < -0.4 is 0 Å². The second-order valence-electron chi connectivity index (χ2n) is 5.54. The van der Waals surface area contributed by atoms with Crippen molar-refractivity contribution >= 4 is 11.6 Å². The van der Waals surface area contributed by atoms with Crippen molar-refractivity contribution in [1.82, 2.24) is 0 Å². The van der Waals surface area contributed by atoms with Gasteiger partial charge in [0.2, 0.25) is 0 Å². The number of rotatable bonds is 8. The van der Waals surface area contributed by atoms with Crippen LogP contribution in [0.2, 0.25) is 0 Å². The van der Waals surface area contributed by atoms with E-state index in [4.69, 9.17) is 16.3 Å². The van der Waals surface area contributed by atoms with E-state index >= 15 is 0 Å². The van der Waals surface area contributed by atoms with Crippen molar-refractivity contribution in [2.75, 3.05) is 0 Å². The molecule has 1 unspecified atom stereocenters. The summed E-state index contributed by atoms with van der Waals surface area (Å²) in [6, 6.07) is 6.58. The molecular formula is C17H25ClO. The van der Waals surface area contributed by atoms with E-state index < -0.39 is 0 Å². The van der Waals surface area contributed by atoms with Crippen LogP contribution in [0.3, 0.4) is 0 Å². The average molecular weight is 281 g/mol. The summed E-state index contributed by atoms with van der Waals surface area (Å²) in [7, 11) is 0. The minimum absolute atomic E-state index is 0.164. The zero-order valence-corrected chi connectivity index (χ0v) is 12.7. The van der Waals surface area contributed by atoms with E-state index in [9.17, 15) is 0 Å². The van der Waals surface area contributed by atoms with E-state index in [2.05, 4.69) is 25.1 Å². The van der Waals surface area contributed by atoms with Crippen LogP contribution in [0.15, 0.2) is 18.2 Å². The first-order chi connectivity index (χ1) is 9.31. The molecule has 0 spiro atoms. The van der Waals surface area contributed by atoms with Gasteiger partial charge in [-0.2, -0.15) is 0 Å². The molecule has 1 heterocycles. The van der Waals surface area contributed by atoms with Crippen molar-refractivity contribution in [2.45, 2.75) is 70.5 Å². The third kappa shape index (κ3) is 4.50. The Morgan fingerprint density at radius 1 is 1.05 bits per heavy atom. The Morgan fingerprint density at radius 2 is 1.79 bits per heavy atom. The van der Waals surface area contributed by atoms with Crippen molar-refractivity contribution in [1.29, 1.82) is 0 Å². The molecule has 106 valence electrons. The highest BCUT2D eigenvalue weighted by Crippen LogP contribution is 2.30. The molecule has 0 aliphatic carbocycles. The van der Waals surface area contributed by atoms with Gasteiger partial charge in [-0.05, 0) is 23.1 Å². The Hall–Kier alpha value is -0.530. The van der Waals surface area contributed by atoms with Gasteiger partial charge in [-0.15, -0.1) is 11.6 Å². The van der Waals surface area contributed by atoms with Crippen LogP contribution in [0.5, 0.6) is 0 Å². The quantitative estimate of drug-likeness (QED) is 0.435. The van der Waals surface area contributed by atoms with Crippen molar-refractivity contribution in [2.24, 2.45) is 0 Å². The van der Waals surface area contributed by atoms with Gasteiger partial charge in [0.05, 0.1) is 18.6 Å². The van der Waals surface area contributed by atoms with Crippen LogP contribution in [0, 0.1) is 0 Å². The minimum Gasteiger partial charge on any atom is -0.372 e. The minimum atomic E-state index is 0.164. The third-order valence-corrected chi connectivity index (χ3v) is 4.39. The number of benzene rings is 1. The van der Waals surface area contributed by atoms with Gasteiger partial charge in [0.15, 0.2) is 0 Å². The summed E-state index contributed by atoms with van der Waals surface area (Å²) >= 11 is 6.51. The molecule has 1 aromatic carbocycles. The van der Waals surface area contributed by atoms with E-state index in [0.29, 0.717) is 0 Å². The van der Waals surface area contributed by atoms with E-state index in [1.165, 1.54) is 55.2 Å². The number of ether oxygens (including phenoxy) is 1. The predicted octanol–water partition coefficient (Wildman–Crippen LogP) is 5.75. The topological polar surface area (TPSA) is 9.23 Å². The lowest BCUT2D eigenvalue weighted by Gasteiger charge is -2.11. The molecule has 2 rings (SSSR count). The lowest BCUT2D eigenvalue weighted by Crippen LogP contribution is -1.93. The van der Waals surface area contributed by atoms with Crippen LogP contribution >= 0.6 is 11.6 Å². The number of hydrogen-bond donors (Lipinski definition) is 0. The Morgan fingerprint density at radius 3 is 2.63 bits per heavy atom. The fourth-order valence-electron chi connectivity index (χ4n) is 2.66. The first kappa shape index (κ1) is 14.9. The van der Waals surface area contributed by atoms with E-state index in [-0.39, 0.29) is 5.38 Å². The average Bonchev–Trinajstić information content (AvgIpc) is 2.89. The summed E-state index contributed by atoms with van der Waals surface area (Å²) in [6.07, 6.45) is 9.07. The van der Waals surface area contributed by atoms with E-state index in [0.717, 1.165) is 19.6 Å². The van der Waals surface area contributed by atoms with Gasteiger partial charge in [0.1, 0.15) is 0 Å². The molecule has 1 nitrogen and oxygen atoms in total. The first-order valence-corrected chi connectivity index (χ1v) is 8.08. The van der Waals surface area contributed by atoms with Gasteiger partial charge in [-0.1, -0.05) is 63.6 Å². The van der Waals surface area contributed by atoms with Crippen LogP contribution in [0.4, 0.5) is 0 Å². The molecule has 19 heavy (non-hydrogen) atoms. The molecule has 0 saturated carbocycles. The standard InChI is InChI=1S/C17H25ClO/c1-2-3-4-5-6-7-8-17(18)14-9-10-15-12-19-13-16(15)11-14/h9-11,17H,2-8,12-13H2,1H3. The highest BCUT2D eigenvalue weighted by Gasteiger charge is 2.14. The summed E-state index contributed by atoms with van der Waals surface area (Å²) in [4.78, 5) is 0. The maximum absolute atomic E-state index is 6.51. The summed E-state index contributed by atoms with van der Waals surface area (Å²) in [5.41, 5.74) is 3.91. The Balaban J connectivity index is 1.72. The predicted molar refractivity (Wildman–Crippen MR) is 81.5 cm³/mol. The molecule has 0 fully saturated rings. The van der Waals surface area contributed by atoms with Crippen LogP contribution in [-0.2, 0) is 18.0 Å². The maximum Gasteiger partial charge on any atom is 0.0725 e. The molecular weight excluding hydrogens is 256 g/mol. The molecule has 2 heteroatoms. The molecule has 0 N–H and O–H groups in total. The van der Waals surface area contributed by atoms with Gasteiger partial charge >= 0.3 is 0 Å². The van der Waals surface area contributed by atoms with Gasteiger partial charge in [0, 0.05) is 0 Å². The Labute approximate surface area is 122 Å². The fraction of sp³-hybridized carbons (Fsp3) is 0.647. The monoisotopic (exact) mass is 280 g/mol. The van der Waals surface area contributed by atoms with Crippen molar-refractivity contribution in [3.8, 4) is 0 Å². The van der Waals surface area contributed by atoms with E-state index in [1.807, 2.05) is 0 Å². The van der Waals surface area contributed by atoms with Gasteiger partial charge in [0.25, 0.3) is 0 Å². The van der Waals surface area contributed by atoms with Crippen molar-refractivity contribution in [3.05, 3.63) is 34.9 Å². The molecule has 0 bridgehead atoms.